The molecule has 0 bridgehead atoms. The van der Waals surface area contributed by atoms with Gasteiger partial charge >= 0.3 is 0 Å². The Labute approximate surface area is 113 Å². The van der Waals surface area contributed by atoms with Crippen molar-refractivity contribution in [1.29, 1.82) is 0 Å². The summed E-state index contributed by atoms with van der Waals surface area (Å²) in [4.78, 5) is 0. The Morgan fingerprint density at radius 1 is 1.41 bits per heavy atom. The molecule has 1 aromatic rings. The minimum atomic E-state index is 0.510. The summed E-state index contributed by atoms with van der Waals surface area (Å²) in [6.45, 7) is 5.36. The highest BCUT2D eigenvalue weighted by atomic mass is 79.9. The molecule has 0 spiro atoms. The fourth-order valence-electron chi connectivity index (χ4n) is 2.34. The molecule has 0 aromatic heterocycles. The largest absolute Gasteiger partial charge is 0.310 e. The van der Waals surface area contributed by atoms with Crippen LogP contribution in [0.4, 0.5) is 0 Å². The van der Waals surface area contributed by atoms with Crippen molar-refractivity contribution in [2.75, 3.05) is 6.54 Å². The minimum Gasteiger partial charge on any atom is -0.310 e. The van der Waals surface area contributed by atoms with Crippen LogP contribution >= 0.6 is 15.9 Å². The first-order valence-electron chi connectivity index (χ1n) is 6.70. The number of hydrogen-bond acceptors (Lipinski definition) is 1. The van der Waals surface area contributed by atoms with Gasteiger partial charge in [0.05, 0.1) is 0 Å². The van der Waals surface area contributed by atoms with E-state index in [2.05, 4.69) is 53.3 Å². The molecule has 2 heteroatoms. The van der Waals surface area contributed by atoms with E-state index in [0.717, 1.165) is 12.5 Å². The fourth-order valence-corrected chi connectivity index (χ4v) is 3.11. The summed E-state index contributed by atoms with van der Waals surface area (Å²) in [5.74, 6) is 1.01. The van der Waals surface area contributed by atoms with Gasteiger partial charge in [-0.3, -0.25) is 0 Å². The molecule has 1 nitrogen and oxygen atoms in total. The zero-order chi connectivity index (χ0) is 12.3. The van der Waals surface area contributed by atoms with Gasteiger partial charge in [0.1, 0.15) is 0 Å². The first-order valence-corrected chi connectivity index (χ1v) is 7.49. The standard InChI is InChI=1S/C15H22BrN/c1-3-17-15(9-7-12-5-6-12)13-8-4-11(2)10-14(13)16/h4,8,10,12,15,17H,3,5-7,9H2,1-2H3. The Balaban J connectivity index is 2.06. The van der Waals surface area contributed by atoms with Crippen LogP contribution in [0.1, 0.15) is 49.8 Å². The van der Waals surface area contributed by atoms with Gasteiger partial charge in [0.25, 0.3) is 0 Å². The number of nitrogens with one attached hydrogen (secondary N) is 1. The molecule has 17 heavy (non-hydrogen) atoms. The van der Waals surface area contributed by atoms with Crippen LogP contribution < -0.4 is 5.32 Å². The topological polar surface area (TPSA) is 12.0 Å². The van der Waals surface area contributed by atoms with E-state index in [1.165, 1.54) is 41.3 Å². The molecular formula is C15H22BrN. The normalized spacial score (nSPS) is 17.1. The molecule has 1 atom stereocenters. The van der Waals surface area contributed by atoms with Crippen molar-refractivity contribution in [1.82, 2.24) is 5.32 Å². The maximum atomic E-state index is 3.70. The Morgan fingerprint density at radius 3 is 2.76 bits per heavy atom. The first kappa shape index (κ1) is 13.1. The average Bonchev–Trinajstić information content (AvgIpc) is 3.09. The molecule has 1 aromatic carbocycles. The lowest BCUT2D eigenvalue weighted by molar-refractivity contribution is 0.480. The third-order valence-electron chi connectivity index (χ3n) is 3.54. The third-order valence-corrected chi connectivity index (χ3v) is 4.23. The summed E-state index contributed by atoms with van der Waals surface area (Å²) in [5, 5.41) is 3.61. The van der Waals surface area contributed by atoms with Crippen LogP contribution in [-0.2, 0) is 0 Å². The van der Waals surface area contributed by atoms with Gasteiger partial charge in [-0.2, -0.15) is 0 Å². The maximum absolute atomic E-state index is 3.70. The highest BCUT2D eigenvalue weighted by Gasteiger charge is 2.23. The summed E-state index contributed by atoms with van der Waals surface area (Å²) in [6.07, 6.45) is 5.54. The third kappa shape index (κ3) is 3.82. The van der Waals surface area contributed by atoms with Crippen LogP contribution in [0.3, 0.4) is 0 Å². The summed E-state index contributed by atoms with van der Waals surface area (Å²) in [6, 6.07) is 7.20. The SMILES string of the molecule is CCNC(CCC1CC1)c1ccc(C)cc1Br. The highest BCUT2D eigenvalue weighted by molar-refractivity contribution is 9.10. The van der Waals surface area contributed by atoms with Crippen LogP contribution in [0.5, 0.6) is 0 Å². The zero-order valence-corrected chi connectivity index (χ0v) is 12.4. The number of benzene rings is 1. The van der Waals surface area contributed by atoms with Crippen LogP contribution in [0.25, 0.3) is 0 Å². The fraction of sp³-hybridized carbons (Fsp3) is 0.600. The Hall–Kier alpha value is -0.340. The Bertz CT molecular complexity index is 371. The second-order valence-electron chi connectivity index (χ2n) is 5.16. The summed E-state index contributed by atoms with van der Waals surface area (Å²) < 4.78 is 1.25. The van der Waals surface area contributed by atoms with Crippen LogP contribution in [0.2, 0.25) is 0 Å². The quantitative estimate of drug-likeness (QED) is 0.809. The summed E-state index contributed by atoms with van der Waals surface area (Å²) in [5.41, 5.74) is 2.73. The molecule has 1 saturated carbocycles. The summed E-state index contributed by atoms with van der Waals surface area (Å²) >= 11 is 3.70. The average molecular weight is 296 g/mol. The van der Waals surface area contributed by atoms with Crippen molar-refractivity contribution >= 4 is 15.9 Å². The van der Waals surface area contributed by atoms with E-state index in [4.69, 9.17) is 0 Å². The van der Waals surface area contributed by atoms with Gasteiger partial charge in [0.2, 0.25) is 0 Å². The number of rotatable bonds is 6. The van der Waals surface area contributed by atoms with E-state index in [1.54, 1.807) is 0 Å². The van der Waals surface area contributed by atoms with Crippen molar-refractivity contribution < 1.29 is 0 Å². The molecular weight excluding hydrogens is 274 g/mol. The smallest absolute Gasteiger partial charge is 0.0331 e. The van der Waals surface area contributed by atoms with Gasteiger partial charge < -0.3 is 5.32 Å². The Morgan fingerprint density at radius 2 is 2.18 bits per heavy atom. The lowest BCUT2D eigenvalue weighted by Gasteiger charge is -2.20. The number of halogens is 1. The van der Waals surface area contributed by atoms with Gasteiger partial charge in [0.15, 0.2) is 0 Å². The van der Waals surface area contributed by atoms with Gasteiger partial charge in [-0.05, 0) is 49.4 Å². The van der Waals surface area contributed by atoms with E-state index in [1.807, 2.05) is 0 Å². The van der Waals surface area contributed by atoms with Gasteiger partial charge in [-0.1, -0.05) is 47.8 Å². The van der Waals surface area contributed by atoms with Crippen molar-refractivity contribution in [2.24, 2.45) is 5.92 Å². The van der Waals surface area contributed by atoms with Crippen molar-refractivity contribution in [3.8, 4) is 0 Å². The van der Waals surface area contributed by atoms with Crippen LogP contribution in [0.15, 0.2) is 22.7 Å². The molecule has 94 valence electrons. The maximum Gasteiger partial charge on any atom is 0.0331 e. The van der Waals surface area contributed by atoms with E-state index >= 15 is 0 Å². The molecule has 0 heterocycles. The lowest BCUT2D eigenvalue weighted by Crippen LogP contribution is -2.21. The van der Waals surface area contributed by atoms with E-state index in [-0.39, 0.29) is 0 Å². The molecule has 1 unspecified atom stereocenters. The number of hydrogen-bond donors (Lipinski definition) is 1. The monoisotopic (exact) mass is 295 g/mol. The minimum absolute atomic E-state index is 0.510. The molecule has 0 radical (unpaired) electrons. The second kappa shape index (κ2) is 6.01. The highest BCUT2D eigenvalue weighted by Crippen LogP contribution is 2.37. The molecule has 1 fully saturated rings. The lowest BCUT2D eigenvalue weighted by atomic mass is 9.99. The molecule has 1 aliphatic rings. The zero-order valence-electron chi connectivity index (χ0n) is 10.8. The van der Waals surface area contributed by atoms with Crippen LogP contribution in [0, 0.1) is 12.8 Å². The van der Waals surface area contributed by atoms with E-state index < -0.39 is 0 Å². The first-order chi connectivity index (χ1) is 8.20. The molecule has 1 aliphatic carbocycles. The van der Waals surface area contributed by atoms with Gasteiger partial charge in [-0.25, -0.2) is 0 Å². The summed E-state index contributed by atoms with van der Waals surface area (Å²) in [7, 11) is 0. The molecule has 0 aliphatic heterocycles. The van der Waals surface area contributed by atoms with Crippen molar-refractivity contribution in [2.45, 2.75) is 45.6 Å². The van der Waals surface area contributed by atoms with Crippen LogP contribution in [-0.4, -0.2) is 6.54 Å². The second-order valence-corrected chi connectivity index (χ2v) is 6.01. The molecule has 1 N–H and O–H groups in total. The van der Waals surface area contributed by atoms with E-state index in [0.29, 0.717) is 6.04 Å². The van der Waals surface area contributed by atoms with Gasteiger partial charge in [0, 0.05) is 10.5 Å². The molecule has 0 saturated heterocycles. The van der Waals surface area contributed by atoms with Gasteiger partial charge in [-0.15, -0.1) is 0 Å². The predicted octanol–water partition coefficient (Wildman–Crippen LogP) is 4.60. The van der Waals surface area contributed by atoms with Crippen molar-refractivity contribution in [3.05, 3.63) is 33.8 Å². The van der Waals surface area contributed by atoms with E-state index in [9.17, 15) is 0 Å². The number of aryl methyl sites for hydroxylation is 1. The molecule has 0 amide bonds. The molecule has 2 rings (SSSR count). The predicted molar refractivity (Wildman–Crippen MR) is 77.3 cm³/mol. The van der Waals surface area contributed by atoms with Crippen molar-refractivity contribution in [3.63, 3.8) is 0 Å². The Kier molecular flexibility index (Phi) is 4.63.